The highest BCUT2D eigenvalue weighted by Crippen LogP contribution is 2.22. The lowest BCUT2D eigenvalue weighted by atomic mass is 10.2. The van der Waals surface area contributed by atoms with Gasteiger partial charge in [-0.2, -0.15) is 0 Å². The molecule has 8 nitrogen and oxygen atoms in total. The molecule has 0 saturated heterocycles. The first kappa shape index (κ1) is 21.0. The van der Waals surface area contributed by atoms with Crippen molar-refractivity contribution in [2.45, 2.75) is 11.8 Å². The molecule has 144 valence electrons. The van der Waals surface area contributed by atoms with Crippen molar-refractivity contribution in [2.75, 3.05) is 6.61 Å². The predicted molar refractivity (Wildman–Crippen MR) is 100 cm³/mol. The van der Waals surface area contributed by atoms with Crippen molar-refractivity contribution in [3.8, 4) is 5.75 Å². The van der Waals surface area contributed by atoms with E-state index in [1.54, 1.807) is 25.1 Å². The molecular formula is C16H15Cl2N3O5S. The zero-order valence-electron chi connectivity index (χ0n) is 14.0. The van der Waals surface area contributed by atoms with Crippen LogP contribution in [-0.2, 0) is 14.8 Å². The lowest BCUT2D eigenvalue weighted by Gasteiger charge is -2.10. The number of hydrogen-bond acceptors (Lipinski definition) is 5. The summed E-state index contributed by atoms with van der Waals surface area (Å²) in [5, 5.41) is 5.47. The van der Waals surface area contributed by atoms with Crippen molar-refractivity contribution in [1.29, 1.82) is 0 Å². The Morgan fingerprint density at radius 1 is 1.07 bits per heavy atom. The summed E-state index contributed by atoms with van der Waals surface area (Å²) in [5.74, 6) is -0.947. The highest BCUT2D eigenvalue weighted by atomic mass is 35.5. The monoisotopic (exact) mass is 431 g/mol. The summed E-state index contributed by atoms with van der Waals surface area (Å²) in [7, 11) is -4.10. The summed E-state index contributed by atoms with van der Waals surface area (Å²) >= 11 is 11.6. The van der Waals surface area contributed by atoms with Crippen molar-refractivity contribution in [2.24, 2.45) is 5.14 Å². The number of primary sulfonamides is 1. The molecule has 27 heavy (non-hydrogen) atoms. The molecule has 0 fully saturated rings. The number of carbonyl (C=O) groups excluding carboxylic acids is 2. The van der Waals surface area contributed by atoms with Crippen LogP contribution in [0.3, 0.4) is 0 Å². The largest absolute Gasteiger partial charge is 0.484 e. The van der Waals surface area contributed by atoms with Crippen LogP contribution in [0.2, 0.25) is 10.0 Å². The molecule has 2 aromatic carbocycles. The molecule has 2 amide bonds. The van der Waals surface area contributed by atoms with Gasteiger partial charge in [0.2, 0.25) is 10.0 Å². The van der Waals surface area contributed by atoms with Crippen LogP contribution in [0.5, 0.6) is 5.75 Å². The molecule has 2 rings (SSSR count). The van der Waals surface area contributed by atoms with Crippen LogP contribution in [-0.4, -0.2) is 26.8 Å². The normalized spacial score (nSPS) is 11.0. The number of nitrogens with two attached hydrogens (primary N) is 1. The van der Waals surface area contributed by atoms with E-state index in [4.69, 9.17) is 33.1 Å². The van der Waals surface area contributed by atoms with E-state index in [-0.39, 0.29) is 17.2 Å². The van der Waals surface area contributed by atoms with Crippen LogP contribution >= 0.6 is 23.2 Å². The molecule has 0 unspecified atom stereocenters. The Labute approximate surface area is 165 Å². The molecule has 0 radical (unpaired) electrons. The fourth-order valence-corrected chi connectivity index (χ4v) is 3.14. The topological polar surface area (TPSA) is 128 Å². The van der Waals surface area contributed by atoms with Gasteiger partial charge in [0.05, 0.1) is 5.02 Å². The van der Waals surface area contributed by atoms with Crippen LogP contribution in [0, 0.1) is 6.92 Å². The summed E-state index contributed by atoms with van der Waals surface area (Å²) < 4.78 is 28.1. The number of aryl methyl sites for hydroxylation is 1. The molecule has 0 saturated carbocycles. The standard InChI is InChI=1S/C16H15Cl2N3O5S/c1-9-6-11(3-5-12(9)17)26-8-15(22)20-21-16(23)10-2-4-13(18)14(7-10)27(19,24)25/h2-7H,8H2,1H3,(H,20,22)(H,21,23)(H2,19,24,25). The van der Waals surface area contributed by atoms with Crippen molar-refractivity contribution in [1.82, 2.24) is 10.9 Å². The molecule has 0 aromatic heterocycles. The zero-order valence-corrected chi connectivity index (χ0v) is 16.3. The highest BCUT2D eigenvalue weighted by molar-refractivity contribution is 7.89. The Morgan fingerprint density at radius 2 is 1.74 bits per heavy atom. The van der Waals surface area contributed by atoms with E-state index in [2.05, 4.69) is 10.9 Å². The Hall–Kier alpha value is -2.33. The van der Waals surface area contributed by atoms with E-state index >= 15 is 0 Å². The van der Waals surface area contributed by atoms with E-state index in [0.29, 0.717) is 10.8 Å². The van der Waals surface area contributed by atoms with Crippen molar-refractivity contribution in [3.05, 3.63) is 57.6 Å². The highest BCUT2D eigenvalue weighted by Gasteiger charge is 2.16. The molecule has 0 aliphatic heterocycles. The number of hydrogen-bond donors (Lipinski definition) is 3. The molecule has 2 aromatic rings. The molecule has 4 N–H and O–H groups in total. The minimum Gasteiger partial charge on any atom is -0.484 e. The molecular weight excluding hydrogens is 417 g/mol. The summed E-state index contributed by atoms with van der Waals surface area (Å²) in [6.45, 7) is 1.43. The quantitative estimate of drug-likeness (QED) is 0.621. The minimum atomic E-state index is -4.10. The first-order valence-corrected chi connectivity index (χ1v) is 9.68. The van der Waals surface area contributed by atoms with Gasteiger partial charge < -0.3 is 4.74 Å². The minimum absolute atomic E-state index is 0.0574. The number of nitrogens with one attached hydrogen (secondary N) is 2. The summed E-state index contributed by atoms with van der Waals surface area (Å²) in [6, 6.07) is 8.40. The number of carbonyl (C=O) groups is 2. The van der Waals surface area contributed by atoms with Gasteiger partial charge in [0.1, 0.15) is 10.6 Å². The molecule has 0 spiro atoms. The Balaban J connectivity index is 1.93. The summed E-state index contributed by atoms with van der Waals surface area (Å²) in [4.78, 5) is 23.4. The summed E-state index contributed by atoms with van der Waals surface area (Å²) in [6.07, 6.45) is 0. The Kier molecular flexibility index (Phi) is 6.66. The maximum Gasteiger partial charge on any atom is 0.276 e. The van der Waals surface area contributed by atoms with Gasteiger partial charge in [0.25, 0.3) is 11.8 Å². The molecule has 0 heterocycles. The second-order valence-electron chi connectivity index (χ2n) is 5.39. The van der Waals surface area contributed by atoms with E-state index in [1.165, 1.54) is 12.1 Å². The number of hydrazine groups is 1. The molecule has 0 aliphatic carbocycles. The second-order valence-corrected chi connectivity index (χ2v) is 7.74. The second kappa shape index (κ2) is 8.57. The van der Waals surface area contributed by atoms with Gasteiger partial charge >= 0.3 is 0 Å². The van der Waals surface area contributed by atoms with Crippen LogP contribution in [0.4, 0.5) is 0 Å². The van der Waals surface area contributed by atoms with Gasteiger partial charge in [0.15, 0.2) is 6.61 Å². The van der Waals surface area contributed by atoms with E-state index in [0.717, 1.165) is 11.6 Å². The zero-order chi connectivity index (χ0) is 20.2. The molecule has 11 heteroatoms. The van der Waals surface area contributed by atoms with Gasteiger partial charge in [-0.05, 0) is 48.9 Å². The Morgan fingerprint density at radius 3 is 2.37 bits per heavy atom. The van der Waals surface area contributed by atoms with Crippen molar-refractivity contribution in [3.63, 3.8) is 0 Å². The third-order valence-corrected chi connectivity index (χ3v) is 5.13. The van der Waals surface area contributed by atoms with Crippen LogP contribution in [0.1, 0.15) is 15.9 Å². The van der Waals surface area contributed by atoms with Gasteiger partial charge in [-0.3, -0.25) is 20.4 Å². The van der Waals surface area contributed by atoms with Gasteiger partial charge in [0, 0.05) is 10.6 Å². The van der Waals surface area contributed by atoms with E-state index in [1.807, 2.05) is 0 Å². The predicted octanol–water partition coefficient (Wildman–Crippen LogP) is 1.79. The molecule has 0 atom stereocenters. The van der Waals surface area contributed by atoms with Gasteiger partial charge in [-0.1, -0.05) is 23.2 Å². The number of sulfonamides is 1. The lowest BCUT2D eigenvalue weighted by Crippen LogP contribution is -2.43. The number of amides is 2. The number of ether oxygens (including phenoxy) is 1. The maximum absolute atomic E-state index is 12.0. The van der Waals surface area contributed by atoms with Crippen LogP contribution < -0.4 is 20.7 Å². The molecule has 0 bridgehead atoms. The fourth-order valence-electron chi connectivity index (χ4n) is 1.95. The number of halogens is 2. The number of benzene rings is 2. The van der Waals surface area contributed by atoms with Crippen LogP contribution in [0.15, 0.2) is 41.3 Å². The maximum atomic E-state index is 12.0. The van der Waals surface area contributed by atoms with Crippen molar-refractivity contribution >= 4 is 45.0 Å². The SMILES string of the molecule is Cc1cc(OCC(=O)NNC(=O)c2ccc(Cl)c(S(N)(=O)=O)c2)ccc1Cl. The van der Waals surface area contributed by atoms with Crippen molar-refractivity contribution < 1.29 is 22.7 Å². The summed E-state index contributed by atoms with van der Waals surface area (Å²) in [5.41, 5.74) is 5.01. The third-order valence-electron chi connectivity index (χ3n) is 3.31. The number of rotatable bonds is 5. The molecule has 0 aliphatic rings. The fraction of sp³-hybridized carbons (Fsp3) is 0.125. The smallest absolute Gasteiger partial charge is 0.276 e. The van der Waals surface area contributed by atoms with E-state index < -0.39 is 26.7 Å². The third kappa shape index (κ3) is 5.83. The first-order valence-electron chi connectivity index (χ1n) is 7.38. The first-order chi connectivity index (χ1) is 12.6. The lowest BCUT2D eigenvalue weighted by molar-refractivity contribution is -0.123. The van der Waals surface area contributed by atoms with Gasteiger partial charge in [-0.15, -0.1) is 0 Å². The average Bonchev–Trinajstić information content (AvgIpc) is 2.60. The average molecular weight is 432 g/mol. The van der Waals surface area contributed by atoms with Gasteiger partial charge in [-0.25, -0.2) is 13.6 Å². The van der Waals surface area contributed by atoms with Crippen LogP contribution in [0.25, 0.3) is 0 Å². The Bertz CT molecular complexity index is 996. The van der Waals surface area contributed by atoms with E-state index in [9.17, 15) is 18.0 Å².